The Balaban J connectivity index is 2.04. The fourth-order valence-corrected chi connectivity index (χ4v) is 2.83. The molecule has 164 valence electrons. The first-order valence-corrected chi connectivity index (χ1v) is 10.2. The Morgan fingerprint density at radius 3 is 2.33 bits per heavy atom. The Morgan fingerprint density at radius 1 is 1.03 bits per heavy atom. The Morgan fingerprint density at radius 2 is 1.70 bits per heavy atom. The van der Waals surface area contributed by atoms with Crippen LogP contribution in [-0.4, -0.2) is 48.4 Å². The highest BCUT2D eigenvalue weighted by Gasteiger charge is 2.20. The number of ether oxygens (including phenoxy) is 2. The molecule has 0 bridgehead atoms. The van der Waals surface area contributed by atoms with E-state index in [1.165, 1.54) is 0 Å². The molecule has 0 aliphatic rings. The number of carbonyl (C=O) groups excluding carboxylic acids is 2. The predicted octanol–water partition coefficient (Wildman–Crippen LogP) is 4.54. The summed E-state index contributed by atoms with van der Waals surface area (Å²) in [6, 6.07) is 7.50. The molecule has 1 aromatic heterocycles. The molecule has 7 nitrogen and oxygen atoms in total. The van der Waals surface area contributed by atoms with Gasteiger partial charge in [0.15, 0.2) is 0 Å². The van der Waals surface area contributed by atoms with Gasteiger partial charge in [-0.2, -0.15) is 0 Å². The summed E-state index contributed by atoms with van der Waals surface area (Å²) in [5.74, 6) is -0.365. The van der Waals surface area contributed by atoms with E-state index < -0.39 is 17.3 Å². The largest absolute Gasteiger partial charge is 0.456 e. The van der Waals surface area contributed by atoms with Crippen molar-refractivity contribution in [2.24, 2.45) is 0 Å². The lowest BCUT2D eigenvalue weighted by Crippen LogP contribution is -2.34. The number of carbonyl (C=O) groups is 2. The molecule has 1 N–H and O–H groups in total. The van der Waals surface area contributed by atoms with Crippen molar-refractivity contribution in [1.82, 2.24) is 10.3 Å². The molecule has 7 heteroatoms. The first kappa shape index (κ1) is 23.4. The van der Waals surface area contributed by atoms with Crippen molar-refractivity contribution in [2.75, 3.05) is 25.0 Å². The van der Waals surface area contributed by atoms with Gasteiger partial charge in [-0.1, -0.05) is 0 Å². The maximum absolute atomic E-state index is 12.6. The predicted molar refractivity (Wildman–Crippen MR) is 119 cm³/mol. The minimum Gasteiger partial charge on any atom is -0.456 e. The molecule has 0 saturated heterocycles. The Labute approximate surface area is 178 Å². The number of hydrogen-bond acceptors (Lipinski definition) is 6. The molecule has 1 aromatic carbocycles. The number of benzene rings is 1. The van der Waals surface area contributed by atoms with Crippen LogP contribution >= 0.6 is 0 Å². The van der Waals surface area contributed by atoms with Crippen LogP contribution in [0.1, 0.15) is 58.3 Å². The number of anilines is 1. The molecule has 0 aliphatic carbocycles. The molecular weight excluding hydrogens is 382 g/mol. The fraction of sp³-hybridized carbons (Fsp3) is 0.522. The summed E-state index contributed by atoms with van der Waals surface area (Å²) in [5.41, 5.74) is 1.12. The third-order valence-electron chi connectivity index (χ3n) is 4.12. The van der Waals surface area contributed by atoms with Crippen molar-refractivity contribution >= 4 is 28.7 Å². The average molecular weight is 416 g/mol. The van der Waals surface area contributed by atoms with Crippen LogP contribution in [0.25, 0.3) is 10.9 Å². The molecule has 0 spiro atoms. The number of pyridine rings is 1. The SMILES string of the molecule is CN(CCCNC(=O)OC(C)(C)C)c1ccc2nccc(C(=O)OC(C)(C)C)c2c1. The number of alkyl carbamates (subject to hydrolysis) is 1. The standard InChI is InChI=1S/C23H33N3O4/c1-22(2,3)29-20(27)17-11-13-24-19-10-9-16(15-18(17)19)26(7)14-8-12-25-21(28)30-23(4,5)6/h9-11,13,15H,8,12,14H2,1-7H3,(H,25,28). The molecule has 2 rings (SSSR count). The molecule has 30 heavy (non-hydrogen) atoms. The second-order valence-electron chi connectivity index (χ2n) is 9.27. The van der Waals surface area contributed by atoms with E-state index in [1.807, 2.05) is 66.8 Å². The van der Waals surface area contributed by atoms with E-state index in [-0.39, 0.29) is 5.97 Å². The Hall–Kier alpha value is -2.83. The van der Waals surface area contributed by atoms with E-state index in [0.29, 0.717) is 12.1 Å². The molecule has 0 atom stereocenters. The monoisotopic (exact) mass is 415 g/mol. The van der Waals surface area contributed by atoms with Crippen LogP contribution in [0.4, 0.5) is 10.5 Å². The number of nitrogens with zero attached hydrogens (tertiary/aromatic N) is 2. The van der Waals surface area contributed by atoms with Gasteiger partial charge in [0.05, 0.1) is 11.1 Å². The van der Waals surface area contributed by atoms with Gasteiger partial charge >= 0.3 is 12.1 Å². The van der Waals surface area contributed by atoms with Crippen LogP contribution in [0.2, 0.25) is 0 Å². The molecule has 0 aliphatic heterocycles. The van der Waals surface area contributed by atoms with Crippen LogP contribution < -0.4 is 10.2 Å². The highest BCUT2D eigenvalue weighted by molar-refractivity contribution is 6.04. The number of nitrogens with one attached hydrogen (secondary N) is 1. The van der Waals surface area contributed by atoms with Crippen LogP contribution in [0.5, 0.6) is 0 Å². The van der Waals surface area contributed by atoms with Crippen LogP contribution in [0.15, 0.2) is 30.5 Å². The van der Waals surface area contributed by atoms with Gasteiger partial charge in [-0.15, -0.1) is 0 Å². The molecule has 1 amide bonds. The zero-order chi connectivity index (χ0) is 22.5. The van der Waals surface area contributed by atoms with Gasteiger partial charge < -0.3 is 19.7 Å². The Kier molecular flexibility index (Phi) is 7.29. The van der Waals surface area contributed by atoms with E-state index in [4.69, 9.17) is 9.47 Å². The zero-order valence-electron chi connectivity index (χ0n) is 19.0. The third-order valence-corrected chi connectivity index (χ3v) is 4.12. The van der Waals surface area contributed by atoms with Gasteiger partial charge in [-0.3, -0.25) is 4.98 Å². The zero-order valence-corrected chi connectivity index (χ0v) is 19.0. The van der Waals surface area contributed by atoms with Crippen LogP contribution in [0.3, 0.4) is 0 Å². The number of amides is 1. The number of rotatable bonds is 6. The molecule has 0 unspecified atom stereocenters. The number of aromatic nitrogens is 1. The summed E-state index contributed by atoms with van der Waals surface area (Å²) in [4.78, 5) is 30.8. The van der Waals surface area contributed by atoms with E-state index in [9.17, 15) is 9.59 Å². The quantitative estimate of drug-likeness (QED) is 0.551. The van der Waals surface area contributed by atoms with Crippen molar-refractivity contribution in [2.45, 2.75) is 59.2 Å². The second kappa shape index (κ2) is 9.32. The Bertz CT molecular complexity index is 897. The van der Waals surface area contributed by atoms with Gasteiger partial charge in [-0.25, -0.2) is 9.59 Å². The van der Waals surface area contributed by atoms with E-state index in [2.05, 4.69) is 15.2 Å². The fourth-order valence-electron chi connectivity index (χ4n) is 2.83. The van der Waals surface area contributed by atoms with Gasteiger partial charge in [0.2, 0.25) is 0 Å². The van der Waals surface area contributed by atoms with Gasteiger partial charge in [0.1, 0.15) is 11.2 Å². The van der Waals surface area contributed by atoms with E-state index >= 15 is 0 Å². The van der Waals surface area contributed by atoms with E-state index in [1.54, 1.807) is 12.3 Å². The van der Waals surface area contributed by atoms with Crippen LogP contribution in [0, 0.1) is 0 Å². The average Bonchev–Trinajstić information content (AvgIpc) is 2.61. The highest BCUT2D eigenvalue weighted by Crippen LogP contribution is 2.25. The summed E-state index contributed by atoms with van der Waals surface area (Å²) in [5, 5.41) is 3.52. The second-order valence-corrected chi connectivity index (χ2v) is 9.27. The highest BCUT2D eigenvalue weighted by atomic mass is 16.6. The minimum atomic E-state index is -0.567. The topological polar surface area (TPSA) is 80.8 Å². The molecule has 0 saturated carbocycles. The smallest absolute Gasteiger partial charge is 0.407 e. The molecule has 0 fully saturated rings. The number of esters is 1. The van der Waals surface area contributed by atoms with Crippen molar-refractivity contribution in [1.29, 1.82) is 0 Å². The summed E-state index contributed by atoms with van der Waals surface area (Å²) in [6.45, 7) is 12.3. The third kappa shape index (κ3) is 7.21. The van der Waals surface area contributed by atoms with Crippen molar-refractivity contribution in [3.05, 3.63) is 36.0 Å². The first-order chi connectivity index (χ1) is 13.9. The molecule has 1 heterocycles. The van der Waals surface area contributed by atoms with E-state index in [0.717, 1.165) is 29.6 Å². The van der Waals surface area contributed by atoms with Crippen molar-refractivity contribution in [3.63, 3.8) is 0 Å². The molecule has 2 aromatic rings. The lowest BCUT2D eigenvalue weighted by Gasteiger charge is -2.22. The normalized spacial score (nSPS) is 11.8. The number of fused-ring (bicyclic) bond motifs is 1. The minimum absolute atomic E-state index is 0.365. The lowest BCUT2D eigenvalue weighted by atomic mass is 10.1. The number of hydrogen-bond donors (Lipinski definition) is 1. The van der Waals surface area contributed by atoms with Crippen molar-refractivity contribution < 1.29 is 19.1 Å². The van der Waals surface area contributed by atoms with Gasteiger partial charge in [-0.05, 0) is 72.2 Å². The first-order valence-electron chi connectivity index (χ1n) is 10.2. The maximum atomic E-state index is 12.6. The summed E-state index contributed by atoms with van der Waals surface area (Å²) in [7, 11) is 1.97. The molecular formula is C23H33N3O4. The molecule has 0 radical (unpaired) electrons. The van der Waals surface area contributed by atoms with Gasteiger partial charge in [0.25, 0.3) is 0 Å². The lowest BCUT2D eigenvalue weighted by molar-refractivity contribution is 0.00714. The summed E-state index contributed by atoms with van der Waals surface area (Å²) in [6.07, 6.45) is 1.96. The maximum Gasteiger partial charge on any atom is 0.407 e. The van der Waals surface area contributed by atoms with Crippen LogP contribution in [-0.2, 0) is 9.47 Å². The summed E-state index contributed by atoms with van der Waals surface area (Å²) < 4.78 is 10.8. The summed E-state index contributed by atoms with van der Waals surface area (Å²) >= 11 is 0. The van der Waals surface area contributed by atoms with Crippen molar-refractivity contribution in [3.8, 4) is 0 Å². The van der Waals surface area contributed by atoms with Gasteiger partial charge in [0, 0.05) is 37.4 Å².